The summed E-state index contributed by atoms with van der Waals surface area (Å²) in [4.78, 5) is 0. The van der Waals surface area contributed by atoms with E-state index >= 15 is 0 Å². The lowest BCUT2D eigenvalue weighted by Crippen LogP contribution is -2.00. The largest absolute Gasteiger partial charge is 0.396 e. The first-order valence-corrected chi connectivity index (χ1v) is 4.84. The van der Waals surface area contributed by atoms with Gasteiger partial charge in [-0.3, -0.25) is 0 Å². The fourth-order valence-corrected chi connectivity index (χ4v) is 1.03. The van der Waals surface area contributed by atoms with Crippen molar-refractivity contribution < 1.29 is 5.11 Å². The van der Waals surface area contributed by atoms with E-state index in [-0.39, 0.29) is 12.5 Å². The summed E-state index contributed by atoms with van der Waals surface area (Å²) in [5, 5.41) is 9.00. The molecule has 0 aliphatic carbocycles. The Morgan fingerprint density at radius 2 is 2.08 bits per heavy atom. The summed E-state index contributed by atoms with van der Waals surface area (Å²) in [6, 6.07) is 0. The van der Waals surface area contributed by atoms with Gasteiger partial charge in [-0.25, -0.2) is 0 Å². The van der Waals surface area contributed by atoms with E-state index in [1.54, 1.807) is 0 Å². The molecule has 0 bridgehead atoms. The molecule has 0 spiro atoms. The summed E-state index contributed by atoms with van der Waals surface area (Å²) in [6.45, 7) is 5.88. The van der Waals surface area contributed by atoms with Gasteiger partial charge in [-0.2, -0.15) is 0 Å². The SMILES string of the molecule is C=CCCC=CC(CO)CC=CC. The highest BCUT2D eigenvalue weighted by molar-refractivity contribution is 4.93. The van der Waals surface area contributed by atoms with Crippen molar-refractivity contribution in [2.24, 2.45) is 5.92 Å². The van der Waals surface area contributed by atoms with E-state index in [9.17, 15) is 0 Å². The van der Waals surface area contributed by atoms with E-state index in [1.165, 1.54) is 0 Å². The van der Waals surface area contributed by atoms with Crippen LogP contribution in [0.2, 0.25) is 0 Å². The molecule has 0 aromatic carbocycles. The van der Waals surface area contributed by atoms with Crippen molar-refractivity contribution in [1.29, 1.82) is 0 Å². The zero-order valence-corrected chi connectivity index (χ0v) is 8.45. The summed E-state index contributed by atoms with van der Waals surface area (Å²) in [7, 11) is 0. The van der Waals surface area contributed by atoms with Crippen molar-refractivity contribution >= 4 is 0 Å². The highest BCUT2D eigenvalue weighted by Crippen LogP contribution is 2.06. The number of hydrogen-bond acceptors (Lipinski definition) is 1. The van der Waals surface area contributed by atoms with Gasteiger partial charge in [0.1, 0.15) is 0 Å². The highest BCUT2D eigenvalue weighted by Gasteiger charge is 1.98. The van der Waals surface area contributed by atoms with Crippen molar-refractivity contribution in [2.75, 3.05) is 6.61 Å². The van der Waals surface area contributed by atoms with Crippen LogP contribution in [0.4, 0.5) is 0 Å². The Labute approximate surface area is 81.5 Å². The van der Waals surface area contributed by atoms with E-state index in [4.69, 9.17) is 5.11 Å². The third-order valence-electron chi connectivity index (χ3n) is 1.85. The molecule has 1 atom stereocenters. The average molecular weight is 180 g/mol. The quantitative estimate of drug-likeness (QED) is 0.471. The lowest BCUT2D eigenvalue weighted by atomic mass is 10.1. The number of hydrogen-bond donors (Lipinski definition) is 1. The minimum absolute atomic E-state index is 0.231. The van der Waals surface area contributed by atoms with Crippen LogP contribution < -0.4 is 0 Å². The highest BCUT2D eigenvalue weighted by atomic mass is 16.3. The summed E-state index contributed by atoms with van der Waals surface area (Å²) in [5.41, 5.74) is 0. The minimum atomic E-state index is 0.231. The van der Waals surface area contributed by atoms with Gasteiger partial charge >= 0.3 is 0 Å². The van der Waals surface area contributed by atoms with E-state index < -0.39 is 0 Å². The van der Waals surface area contributed by atoms with Crippen molar-refractivity contribution in [2.45, 2.75) is 26.2 Å². The number of allylic oxidation sites excluding steroid dienone is 4. The molecule has 0 saturated heterocycles. The Morgan fingerprint density at radius 3 is 2.62 bits per heavy atom. The van der Waals surface area contributed by atoms with Gasteiger partial charge in [0.2, 0.25) is 0 Å². The predicted molar refractivity (Wildman–Crippen MR) is 58.6 cm³/mol. The maximum Gasteiger partial charge on any atom is 0.0496 e. The molecule has 0 aliphatic rings. The third-order valence-corrected chi connectivity index (χ3v) is 1.85. The van der Waals surface area contributed by atoms with Gasteiger partial charge in [-0.05, 0) is 26.2 Å². The van der Waals surface area contributed by atoms with E-state index in [2.05, 4.69) is 24.8 Å². The molecule has 0 aliphatic heterocycles. The van der Waals surface area contributed by atoms with Crippen LogP contribution in [0, 0.1) is 5.92 Å². The fourth-order valence-electron chi connectivity index (χ4n) is 1.03. The topological polar surface area (TPSA) is 20.2 Å². The zero-order valence-electron chi connectivity index (χ0n) is 8.45. The first-order valence-electron chi connectivity index (χ1n) is 4.84. The molecule has 1 heteroatoms. The molecule has 1 nitrogen and oxygen atoms in total. The van der Waals surface area contributed by atoms with Crippen LogP contribution in [0.15, 0.2) is 37.0 Å². The molecule has 0 saturated carbocycles. The molecule has 0 rings (SSSR count). The third kappa shape index (κ3) is 7.54. The molecule has 0 radical (unpaired) electrons. The monoisotopic (exact) mass is 180 g/mol. The Kier molecular flexibility index (Phi) is 8.68. The van der Waals surface area contributed by atoms with Crippen LogP contribution >= 0.6 is 0 Å². The normalized spacial score (nSPS) is 14.0. The molecular weight excluding hydrogens is 160 g/mol. The van der Waals surface area contributed by atoms with Crippen molar-refractivity contribution in [3.8, 4) is 0 Å². The van der Waals surface area contributed by atoms with Gasteiger partial charge in [-0.1, -0.05) is 30.4 Å². The molecule has 0 amide bonds. The molecule has 74 valence electrons. The van der Waals surface area contributed by atoms with Gasteiger partial charge in [0, 0.05) is 12.5 Å². The number of unbranched alkanes of at least 4 members (excludes halogenated alkanes) is 1. The second-order valence-corrected chi connectivity index (χ2v) is 3.04. The lowest BCUT2D eigenvalue weighted by Gasteiger charge is -2.04. The Bertz CT molecular complexity index is 168. The van der Waals surface area contributed by atoms with E-state index in [0.29, 0.717) is 0 Å². The van der Waals surface area contributed by atoms with Crippen molar-refractivity contribution in [3.05, 3.63) is 37.0 Å². The smallest absolute Gasteiger partial charge is 0.0496 e. The number of aliphatic hydroxyl groups excluding tert-OH is 1. The van der Waals surface area contributed by atoms with Crippen LogP contribution in [-0.4, -0.2) is 11.7 Å². The summed E-state index contributed by atoms with van der Waals surface area (Å²) < 4.78 is 0. The lowest BCUT2D eigenvalue weighted by molar-refractivity contribution is 0.253. The van der Waals surface area contributed by atoms with Crippen LogP contribution in [-0.2, 0) is 0 Å². The Morgan fingerprint density at radius 1 is 1.31 bits per heavy atom. The average Bonchev–Trinajstić information content (AvgIpc) is 2.17. The van der Waals surface area contributed by atoms with Crippen LogP contribution in [0.1, 0.15) is 26.2 Å². The number of aliphatic hydroxyl groups is 1. The second-order valence-electron chi connectivity index (χ2n) is 3.04. The molecule has 0 heterocycles. The molecule has 0 aromatic rings. The van der Waals surface area contributed by atoms with Gasteiger partial charge < -0.3 is 5.11 Å². The van der Waals surface area contributed by atoms with Gasteiger partial charge in [0.15, 0.2) is 0 Å². The zero-order chi connectivity index (χ0) is 9.94. The van der Waals surface area contributed by atoms with Crippen LogP contribution in [0.3, 0.4) is 0 Å². The van der Waals surface area contributed by atoms with E-state index in [1.807, 2.05) is 19.1 Å². The first kappa shape index (κ1) is 12.2. The summed E-state index contributed by atoms with van der Waals surface area (Å²) >= 11 is 0. The van der Waals surface area contributed by atoms with Crippen LogP contribution in [0.5, 0.6) is 0 Å². The molecule has 1 unspecified atom stereocenters. The molecule has 0 fully saturated rings. The predicted octanol–water partition coefficient (Wildman–Crippen LogP) is 3.08. The standard InChI is InChI=1S/C12H20O/c1-3-5-7-8-10-12(11-13)9-6-4-2/h3-4,6,8,10,12-13H,1,5,7,9,11H2,2H3. The van der Waals surface area contributed by atoms with Crippen molar-refractivity contribution in [3.63, 3.8) is 0 Å². The van der Waals surface area contributed by atoms with Gasteiger partial charge in [0.05, 0.1) is 0 Å². The molecule has 13 heavy (non-hydrogen) atoms. The second kappa shape index (κ2) is 9.27. The number of rotatable bonds is 7. The maximum atomic E-state index is 9.00. The Balaban J connectivity index is 3.68. The van der Waals surface area contributed by atoms with Gasteiger partial charge in [0.25, 0.3) is 0 Å². The van der Waals surface area contributed by atoms with Crippen molar-refractivity contribution in [1.82, 2.24) is 0 Å². The molecule has 0 aromatic heterocycles. The Hall–Kier alpha value is -0.820. The van der Waals surface area contributed by atoms with Gasteiger partial charge in [-0.15, -0.1) is 6.58 Å². The minimum Gasteiger partial charge on any atom is -0.396 e. The fraction of sp³-hybridized carbons (Fsp3) is 0.500. The molecular formula is C12H20O. The molecule has 1 N–H and O–H groups in total. The summed E-state index contributed by atoms with van der Waals surface area (Å²) in [6.07, 6.45) is 13.2. The van der Waals surface area contributed by atoms with E-state index in [0.717, 1.165) is 19.3 Å². The van der Waals surface area contributed by atoms with Crippen LogP contribution in [0.25, 0.3) is 0 Å². The summed E-state index contributed by atoms with van der Waals surface area (Å²) in [5.74, 6) is 0.279. The maximum absolute atomic E-state index is 9.00. The first-order chi connectivity index (χ1) is 6.35.